The van der Waals surface area contributed by atoms with Crippen LogP contribution in [0.1, 0.15) is 21.6 Å². The van der Waals surface area contributed by atoms with E-state index in [1.54, 1.807) is 16.8 Å². The average molecular weight is 327 g/mol. The molecule has 1 N–H and O–H groups in total. The molecular weight excluding hydrogens is 312 g/mol. The van der Waals surface area contributed by atoms with Crippen molar-refractivity contribution in [3.63, 3.8) is 0 Å². The monoisotopic (exact) mass is 326 g/mol. The predicted octanol–water partition coefficient (Wildman–Crippen LogP) is 4.51. The van der Waals surface area contributed by atoms with E-state index in [2.05, 4.69) is 5.10 Å². The van der Waals surface area contributed by atoms with Crippen LogP contribution in [0.25, 0.3) is 16.9 Å². The molecule has 1 heterocycles. The number of benzene rings is 2. The number of carboxylic acid groups (broad SMARTS) is 1. The molecule has 3 rings (SSSR count). The summed E-state index contributed by atoms with van der Waals surface area (Å²) in [5.41, 5.74) is 4.46. The zero-order valence-electron chi connectivity index (χ0n) is 12.7. The number of hydrogen-bond acceptors (Lipinski definition) is 2. The Morgan fingerprint density at radius 2 is 1.78 bits per heavy atom. The molecule has 0 aliphatic rings. The minimum atomic E-state index is -1.05. The van der Waals surface area contributed by atoms with Gasteiger partial charge >= 0.3 is 5.97 Å². The van der Waals surface area contributed by atoms with Crippen molar-refractivity contribution in [1.82, 2.24) is 9.78 Å². The normalized spacial score (nSPS) is 10.7. The number of carboxylic acids is 1. The van der Waals surface area contributed by atoms with E-state index in [1.807, 2.05) is 50.2 Å². The van der Waals surface area contributed by atoms with Crippen LogP contribution in [0.5, 0.6) is 0 Å². The van der Waals surface area contributed by atoms with Crippen molar-refractivity contribution in [2.75, 3.05) is 0 Å². The molecule has 0 spiro atoms. The summed E-state index contributed by atoms with van der Waals surface area (Å²) in [6, 6.07) is 14.9. The number of nitrogens with zero attached hydrogens (tertiary/aromatic N) is 2. The number of hydrogen-bond donors (Lipinski definition) is 1. The van der Waals surface area contributed by atoms with Crippen LogP contribution in [0.4, 0.5) is 0 Å². The van der Waals surface area contributed by atoms with Gasteiger partial charge in [0, 0.05) is 10.6 Å². The van der Waals surface area contributed by atoms with Crippen LogP contribution in [0.2, 0.25) is 5.02 Å². The number of carbonyl (C=O) groups is 1. The molecule has 0 unspecified atom stereocenters. The lowest BCUT2D eigenvalue weighted by Gasteiger charge is -2.09. The maximum absolute atomic E-state index is 11.3. The van der Waals surface area contributed by atoms with Crippen molar-refractivity contribution in [3.05, 3.63) is 70.4 Å². The van der Waals surface area contributed by atoms with E-state index in [-0.39, 0.29) is 5.69 Å². The Labute approximate surface area is 139 Å². The first-order valence-electron chi connectivity index (χ1n) is 7.12. The van der Waals surface area contributed by atoms with Crippen LogP contribution < -0.4 is 0 Å². The highest BCUT2D eigenvalue weighted by atomic mass is 35.5. The van der Waals surface area contributed by atoms with Gasteiger partial charge in [-0.3, -0.25) is 0 Å². The summed E-state index contributed by atoms with van der Waals surface area (Å²) in [5.74, 6) is -1.05. The van der Waals surface area contributed by atoms with Gasteiger partial charge in [0.25, 0.3) is 0 Å². The molecule has 23 heavy (non-hydrogen) atoms. The van der Waals surface area contributed by atoms with Crippen molar-refractivity contribution in [2.45, 2.75) is 13.8 Å². The predicted molar refractivity (Wildman–Crippen MR) is 90.4 cm³/mol. The fourth-order valence-electron chi connectivity index (χ4n) is 2.38. The van der Waals surface area contributed by atoms with E-state index in [4.69, 9.17) is 11.6 Å². The third-order valence-electron chi connectivity index (χ3n) is 3.66. The molecule has 116 valence electrons. The zero-order valence-corrected chi connectivity index (χ0v) is 13.5. The van der Waals surface area contributed by atoms with E-state index in [9.17, 15) is 9.90 Å². The number of rotatable bonds is 3. The van der Waals surface area contributed by atoms with E-state index < -0.39 is 5.97 Å². The van der Waals surface area contributed by atoms with Crippen molar-refractivity contribution in [2.24, 2.45) is 0 Å². The van der Waals surface area contributed by atoms with Gasteiger partial charge in [0.2, 0.25) is 0 Å². The van der Waals surface area contributed by atoms with Gasteiger partial charge in [-0.1, -0.05) is 35.4 Å². The van der Waals surface area contributed by atoms with Crippen molar-refractivity contribution in [3.8, 4) is 16.9 Å². The molecule has 5 heteroatoms. The van der Waals surface area contributed by atoms with Gasteiger partial charge in [0.1, 0.15) is 0 Å². The van der Waals surface area contributed by atoms with Crippen LogP contribution in [0.15, 0.2) is 48.5 Å². The second-order valence-corrected chi connectivity index (χ2v) is 5.84. The summed E-state index contributed by atoms with van der Waals surface area (Å²) in [6.45, 7) is 3.91. The Bertz CT molecular complexity index is 883. The lowest BCUT2D eigenvalue weighted by atomic mass is 10.1. The molecule has 0 bridgehead atoms. The Kier molecular flexibility index (Phi) is 3.92. The van der Waals surface area contributed by atoms with E-state index in [0.717, 1.165) is 22.4 Å². The Hall–Kier alpha value is -2.59. The summed E-state index contributed by atoms with van der Waals surface area (Å²) in [4.78, 5) is 11.3. The van der Waals surface area contributed by atoms with Gasteiger partial charge in [0.05, 0.1) is 11.4 Å². The highest BCUT2D eigenvalue weighted by molar-refractivity contribution is 6.31. The molecule has 4 nitrogen and oxygen atoms in total. The first kappa shape index (κ1) is 15.3. The van der Waals surface area contributed by atoms with Gasteiger partial charge in [-0.2, -0.15) is 5.10 Å². The average Bonchev–Trinajstić information content (AvgIpc) is 2.96. The number of aryl methyl sites for hydroxylation is 2. The summed E-state index contributed by atoms with van der Waals surface area (Å²) in [7, 11) is 0. The molecule has 0 saturated heterocycles. The summed E-state index contributed by atoms with van der Waals surface area (Å²) in [5, 5.41) is 14.2. The summed E-state index contributed by atoms with van der Waals surface area (Å²) < 4.78 is 1.64. The van der Waals surface area contributed by atoms with Crippen molar-refractivity contribution in [1.29, 1.82) is 0 Å². The number of aromatic nitrogens is 2. The van der Waals surface area contributed by atoms with E-state index in [1.165, 1.54) is 0 Å². The van der Waals surface area contributed by atoms with Crippen molar-refractivity contribution >= 4 is 17.6 Å². The van der Waals surface area contributed by atoms with Crippen LogP contribution in [-0.4, -0.2) is 20.9 Å². The third kappa shape index (κ3) is 2.98. The molecule has 0 amide bonds. The molecule has 2 aromatic carbocycles. The van der Waals surface area contributed by atoms with Crippen LogP contribution >= 0.6 is 11.6 Å². The zero-order chi connectivity index (χ0) is 16.6. The Morgan fingerprint density at radius 3 is 2.39 bits per heavy atom. The second-order valence-electron chi connectivity index (χ2n) is 5.43. The van der Waals surface area contributed by atoms with Gasteiger partial charge in [-0.05, 0) is 49.7 Å². The molecule has 0 radical (unpaired) electrons. The fraction of sp³-hybridized carbons (Fsp3) is 0.111. The molecule has 0 atom stereocenters. The van der Waals surface area contributed by atoms with Gasteiger partial charge in [-0.25, -0.2) is 9.48 Å². The number of aromatic carboxylic acids is 1. The Balaban J connectivity index is 2.20. The largest absolute Gasteiger partial charge is 0.476 e. The maximum atomic E-state index is 11.3. The Morgan fingerprint density at radius 1 is 1.09 bits per heavy atom. The highest BCUT2D eigenvalue weighted by Crippen LogP contribution is 2.27. The molecule has 1 aromatic heterocycles. The molecule has 0 aliphatic heterocycles. The maximum Gasteiger partial charge on any atom is 0.356 e. The standard InChI is InChI=1S/C18H15ClN2O2/c1-11-3-6-14(7-4-11)21-17(10-16(20-21)18(22)23)13-5-8-15(19)12(2)9-13/h3-10H,1-2H3,(H,22,23). The fourth-order valence-corrected chi connectivity index (χ4v) is 2.50. The molecule has 0 saturated carbocycles. The smallest absolute Gasteiger partial charge is 0.356 e. The van der Waals surface area contributed by atoms with Crippen LogP contribution in [0.3, 0.4) is 0 Å². The SMILES string of the molecule is Cc1ccc(-n2nc(C(=O)O)cc2-c2ccc(Cl)c(C)c2)cc1. The summed E-state index contributed by atoms with van der Waals surface area (Å²) in [6.07, 6.45) is 0. The highest BCUT2D eigenvalue weighted by Gasteiger charge is 2.16. The molecule has 0 fully saturated rings. The van der Waals surface area contributed by atoms with Crippen LogP contribution in [-0.2, 0) is 0 Å². The summed E-state index contributed by atoms with van der Waals surface area (Å²) >= 11 is 6.08. The van der Waals surface area contributed by atoms with E-state index in [0.29, 0.717) is 10.7 Å². The van der Waals surface area contributed by atoms with E-state index >= 15 is 0 Å². The van der Waals surface area contributed by atoms with Gasteiger partial charge < -0.3 is 5.11 Å². The molecule has 0 aliphatic carbocycles. The second kappa shape index (κ2) is 5.89. The van der Waals surface area contributed by atoms with Gasteiger partial charge in [0.15, 0.2) is 5.69 Å². The minimum absolute atomic E-state index is 0.00757. The first-order chi connectivity index (χ1) is 11.0. The molecular formula is C18H15ClN2O2. The number of halogens is 1. The molecule has 3 aromatic rings. The quantitative estimate of drug-likeness (QED) is 0.770. The lowest BCUT2D eigenvalue weighted by Crippen LogP contribution is -2.02. The first-order valence-corrected chi connectivity index (χ1v) is 7.50. The lowest BCUT2D eigenvalue weighted by molar-refractivity contribution is 0.0690. The third-order valence-corrected chi connectivity index (χ3v) is 4.08. The minimum Gasteiger partial charge on any atom is -0.476 e. The van der Waals surface area contributed by atoms with Gasteiger partial charge in [-0.15, -0.1) is 0 Å². The van der Waals surface area contributed by atoms with Crippen LogP contribution in [0, 0.1) is 13.8 Å². The van der Waals surface area contributed by atoms with Crippen molar-refractivity contribution < 1.29 is 9.90 Å². The topological polar surface area (TPSA) is 55.1 Å².